The summed E-state index contributed by atoms with van der Waals surface area (Å²) in [5, 5.41) is 2.06. The molecule has 0 atom stereocenters. The first-order valence-corrected chi connectivity index (χ1v) is 14.8. The molecular formula is C41H28N2O. The highest BCUT2D eigenvalue weighted by Gasteiger charge is 2.17. The van der Waals surface area contributed by atoms with Crippen molar-refractivity contribution in [3.8, 4) is 33.4 Å². The third-order valence-electron chi connectivity index (χ3n) is 8.16. The van der Waals surface area contributed by atoms with E-state index in [4.69, 9.17) is 9.40 Å². The van der Waals surface area contributed by atoms with E-state index in [0.29, 0.717) is 5.71 Å². The Balaban J connectivity index is 1.18. The molecule has 0 bridgehead atoms. The second-order valence-corrected chi connectivity index (χ2v) is 10.9. The Morgan fingerprint density at radius 3 is 1.34 bits per heavy atom. The molecule has 0 saturated carbocycles. The van der Waals surface area contributed by atoms with E-state index >= 15 is 0 Å². The third kappa shape index (κ3) is 4.81. The van der Waals surface area contributed by atoms with Gasteiger partial charge in [-0.3, -0.25) is 0 Å². The van der Waals surface area contributed by atoms with Crippen LogP contribution < -0.4 is 4.90 Å². The van der Waals surface area contributed by atoms with Gasteiger partial charge in [0.05, 0.1) is 17.3 Å². The minimum Gasteiger partial charge on any atom is -0.438 e. The van der Waals surface area contributed by atoms with Crippen LogP contribution >= 0.6 is 0 Å². The zero-order chi connectivity index (χ0) is 29.3. The van der Waals surface area contributed by atoms with E-state index in [2.05, 4.69) is 138 Å². The standard InChI is InChI=1S/C41H28N2O/c1-3-9-29(10-4-1)31-15-17-32(18-16-31)34-21-25-36(26-22-34)43(35-23-19-33(20-24-35)30-11-5-2-6-12-30)37-27-39-38-13-7-8-14-40(38)44-41(39)42-28-37/h1-28H. The fourth-order valence-electron chi connectivity index (χ4n) is 5.89. The van der Waals surface area contributed by atoms with Crippen molar-refractivity contribution in [1.82, 2.24) is 4.98 Å². The Morgan fingerprint density at radius 2 is 0.818 bits per heavy atom. The third-order valence-corrected chi connectivity index (χ3v) is 8.16. The first-order chi connectivity index (χ1) is 21.8. The van der Waals surface area contributed by atoms with Crippen LogP contribution in [0.4, 0.5) is 17.1 Å². The lowest BCUT2D eigenvalue weighted by atomic mass is 10.00. The smallest absolute Gasteiger partial charge is 0.227 e. The molecule has 0 aliphatic carbocycles. The number of hydrogen-bond donors (Lipinski definition) is 0. The van der Waals surface area contributed by atoms with Crippen molar-refractivity contribution in [3.63, 3.8) is 0 Å². The molecule has 2 heterocycles. The molecule has 2 aromatic heterocycles. The zero-order valence-corrected chi connectivity index (χ0v) is 24.0. The largest absolute Gasteiger partial charge is 0.438 e. The van der Waals surface area contributed by atoms with E-state index < -0.39 is 0 Å². The molecule has 44 heavy (non-hydrogen) atoms. The molecule has 0 fully saturated rings. The average molecular weight is 565 g/mol. The Morgan fingerprint density at radius 1 is 0.386 bits per heavy atom. The monoisotopic (exact) mass is 564 g/mol. The van der Waals surface area contributed by atoms with Gasteiger partial charge in [0.2, 0.25) is 5.71 Å². The molecule has 3 nitrogen and oxygen atoms in total. The summed E-state index contributed by atoms with van der Waals surface area (Å²) in [5.74, 6) is 0. The van der Waals surface area contributed by atoms with Gasteiger partial charge in [0.15, 0.2) is 0 Å². The molecule has 8 aromatic rings. The van der Waals surface area contributed by atoms with Crippen LogP contribution in [0.15, 0.2) is 174 Å². The van der Waals surface area contributed by atoms with Gasteiger partial charge in [0.1, 0.15) is 5.58 Å². The van der Waals surface area contributed by atoms with E-state index in [9.17, 15) is 0 Å². The van der Waals surface area contributed by atoms with Crippen molar-refractivity contribution in [3.05, 3.63) is 170 Å². The number of hydrogen-bond acceptors (Lipinski definition) is 3. The molecule has 0 radical (unpaired) electrons. The molecule has 0 amide bonds. The summed E-state index contributed by atoms with van der Waals surface area (Å²) in [6.07, 6.45) is 1.89. The fourth-order valence-corrected chi connectivity index (χ4v) is 5.89. The van der Waals surface area contributed by atoms with Crippen molar-refractivity contribution in [2.45, 2.75) is 0 Å². The van der Waals surface area contributed by atoms with Gasteiger partial charge in [-0.05, 0) is 69.8 Å². The Bertz CT molecular complexity index is 2180. The Hall–Kier alpha value is -5.93. The molecule has 0 spiro atoms. The lowest BCUT2D eigenvalue weighted by Gasteiger charge is -2.25. The van der Waals surface area contributed by atoms with Gasteiger partial charge in [0, 0.05) is 16.8 Å². The van der Waals surface area contributed by atoms with Crippen LogP contribution in [0.1, 0.15) is 0 Å². The molecular weight excluding hydrogens is 536 g/mol. The molecule has 0 saturated heterocycles. The zero-order valence-electron chi connectivity index (χ0n) is 24.0. The maximum atomic E-state index is 6.03. The molecule has 0 aliphatic rings. The summed E-state index contributed by atoms with van der Waals surface area (Å²) in [5.41, 5.74) is 11.7. The van der Waals surface area contributed by atoms with Gasteiger partial charge < -0.3 is 9.32 Å². The average Bonchev–Trinajstić information content (AvgIpc) is 3.48. The van der Waals surface area contributed by atoms with E-state index in [0.717, 1.165) is 33.4 Å². The highest BCUT2D eigenvalue weighted by molar-refractivity contribution is 6.05. The van der Waals surface area contributed by atoms with Crippen LogP contribution in [0.2, 0.25) is 0 Å². The first kappa shape index (κ1) is 25.8. The van der Waals surface area contributed by atoms with E-state index in [1.165, 1.54) is 33.4 Å². The van der Waals surface area contributed by atoms with Gasteiger partial charge in [-0.2, -0.15) is 0 Å². The van der Waals surface area contributed by atoms with Gasteiger partial charge in [0.25, 0.3) is 0 Å². The van der Waals surface area contributed by atoms with E-state index in [1.54, 1.807) is 0 Å². The minimum absolute atomic E-state index is 0.642. The Kier molecular flexibility index (Phi) is 6.47. The second-order valence-electron chi connectivity index (χ2n) is 10.9. The number of anilines is 3. The van der Waals surface area contributed by atoms with Crippen LogP contribution in [-0.2, 0) is 0 Å². The number of benzene rings is 6. The minimum atomic E-state index is 0.642. The molecule has 0 N–H and O–H groups in total. The van der Waals surface area contributed by atoms with Gasteiger partial charge >= 0.3 is 0 Å². The Labute approximate surface area is 256 Å². The summed E-state index contributed by atoms with van der Waals surface area (Å²) >= 11 is 0. The van der Waals surface area contributed by atoms with Crippen molar-refractivity contribution < 1.29 is 4.42 Å². The van der Waals surface area contributed by atoms with Crippen LogP contribution in [-0.4, -0.2) is 4.98 Å². The van der Waals surface area contributed by atoms with Gasteiger partial charge in [-0.25, -0.2) is 4.98 Å². The number of fused-ring (bicyclic) bond motifs is 3. The number of nitrogens with zero attached hydrogens (tertiary/aromatic N) is 2. The first-order valence-electron chi connectivity index (χ1n) is 14.8. The van der Waals surface area contributed by atoms with Gasteiger partial charge in [-0.15, -0.1) is 0 Å². The molecule has 3 heteroatoms. The lowest BCUT2D eigenvalue weighted by molar-refractivity contribution is 0.654. The number of pyridine rings is 1. The molecule has 0 unspecified atom stereocenters. The molecule has 8 rings (SSSR count). The summed E-state index contributed by atoms with van der Waals surface area (Å²) in [7, 11) is 0. The number of para-hydroxylation sites is 1. The van der Waals surface area contributed by atoms with Crippen molar-refractivity contribution in [2.75, 3.05) is 4.90 Å². The number of furan rings is 1. The van der Waals surface area contributed by atoms with Crippen molar-refractivity contribution in [1.29, 1.82) is 0 Å². The quantitative estimate of drug-likeness (QED) is 0.201. The summed E-state index contributed by atoms with van der Waals surface area (Å²) in [6, 6.07) is 57.5. The summed E-state index contributed by atoms with van der Waals surface area (Å²) < 4.78 is 6.03. The molecule has 0 aliphatic heterocycles. The highest BCUT2D eigenvalue weighted by atomic mass is 16.3. The van der Waals surface area contributed by atoms with Crippen molar-refractivity contribution >= 4 is 39.1 Å². The molecule has 6 aromatic carbocycles. The SMILES string of the molecule is c1ccc(-c2ccc(-c3ccc(N(c4ccc(-c5ccccc5)cc4)c4cnc5oc6ccccc6c5c4)cc3)cc2)cc1. The maximum absolute atomic E-state index is 6.03. The number of aromatic nitrogens is 1. The summed E-state index contributed by atoms with van der Waals surface area (Å²) in [4.78, 5) is 7.00. The fraction of sp³-hybridized carbons (Fsp3) is 0. The predicted molar refractivity (Wildman–Crippen MR) is 183 cm³/mol. The summed E-state index contributed by atoms with van der Waals surface area (Å²) in [6.45, 7) is 0. The lowest BCUT2D eigenvalue weighted by Crippen LogP contribution is -2.10. The molecule has 208 valence electrons. The highest BCUT2D eigenvalue weighted by Crippen LogP contribution is 2.39. The van der Waals surface area contributed by atoms with Crippen LogP contribution in [0.5, 0.6) is 0 Å². The second kappa shape index (κ2) is 11.0. The predicted octanol–water partition coefficient (Wildman–Crippen LogP) is 11.5. The normalized spacial score (nSPS) is 11.2. The van der Waals surface area contributed by atoms with Gasteiger partial charge in [-0.1, -0.05) is 127 Å². The van der Waals surface area contributed by atoms with Crippen LogP contribution in [0.3, 0.4) is 0 Å². The van der Waals surface area contributed by atoms with Crippen LogP contribution in [0, 0.1) is 0 Å². The topological polar surface area (TPSA) is 29.3 Å². The number of rotatable bonds is 6. The van der Waals surface area contributed by atoms with E-state index in [-0.39, 0.29) is 0 Å². The van der Waals surface area contributed by atoms with E-state index in [1.807, 2.05) is 36.5 Å². The van der Waals surface area contributed by atoms with Crippen LogP contribution in [0.25, 0.3) is 55.4 Å². The maximum Gasteiger partial charge on any atom is 0.227 e. The van der Waals surface area contributed by atoms with Crippen molar-refractivity contribution in [2.24, 2.45) is 0 Å².